The van der Waals surface area contributed by atoms with Crippen LogP contribution < -0.4 is 5.73 Å². The fourth-order valence-electron chi connectivity index (χ4n) is 2.22. The zero-order valence-corrected chi connectivity index (χ0v) is 13.4. The van der Waals surface area contributed by atoms with Gasteiger partial charge in [-0.15, -0.1) is 11.3 Å². The Bertz CT molecular complexity index is 707. The molecule has 0 saturated carbocycles. The molecule has 4 heteroatoms. The molecule has 0 saturated heterocycles. The molecule has 0 amide bonds. The summed E-state index contributed by atoms with van der Waals surface area (Å²) in [5.41, 5.74) is 9.10. The van der Waals surface area contributed by atoms with Gasteiger partial charge < -0.3 is 5.73 Å². The average Bonchev–Trinajstić information content (AvgIpc) is 2.90. The number of hydrogen-bond donors (Lipinski definition) is 1. The van der Waals surface area contributed by atoms with Crippen LogP contribution in [0, 0.1) is 0 Å². The third-order valence-corrected chi connectivity index (χ3v) is 5.57. The summed E-state index contributed by atoms with van der Waals surface area (Å²) in [5, 5.41) is 0. The number of benzene rings is 2. The van der Waals surface area contributed by atoms with E-state index >= 15 is 0 Å². The van der Waals surface area contributed by atoms with Crippen LogP contribution in [0.15, 0.2) is 52.9 Å². The van der Waals surface area contributed by atoms with Crippen molar-refractivity contribution in [3.8, 4) is 0 Å². The summed E-state index contributed by atoms with van der Waals surface area (Å²) in [4.78, 5) is 4.64. The van der Waals surface area contributed by atoms with E-state index in [9.17, 15) is 0 Å². The zero-order valence-electron chi connectivity index (χ0n) is 11.8. The van der Waals surface area contributed by atoms with Gasteiger partial charge in [0.2, 0.25) is 0 Å². The van der Waals surface area contributed by atoms with Crippen LogP contribution in [-0.4, -0.2) is 10.7 Å². The van der Waals surface area contributed by atoms with E-state index in [1.54, 1.807) is 11.3 Å². The predicted molar refractivity (Wildman–Crippen MR) is 94.1 cm³/mol. The van der Waals surface area contributed by atoms with E-state index in [1.165, 1.54) is 23.1 Å². The fraction of sp³-hybridized carbons (Fsp3) is 0.235. The molecule has 2 N–H and O–H groups in total. The Hall–Kier alpha value is -1.52. The van der Waals surface area contributed by atoms with E-state index in [0.717, 1.165) is 27.7 Å². The first-order valence-corrected chi connectivity index (χ1v) is 8.94. The summed E-state index contributed by atoms with van der Waals surface area (Å²) in [6.45, 7) is 0. The van der Waals surface area contributed by atoms with E-state index in [-0.39, 0.29) is 0 Å². The molecule has 0 aliphatic carbocycles. The molecule has 21 heavy (non-hydrogen) atoms. The van der Waals surface area contributed by atoms with Crippen molar-refractivity contribution in [2.24, 2.45) is 0 Å². The highest BCUT2D eigenvalue weighted by Crippen LogP contribution is 2.31. The summed E-state index contributed by atoms with van der Waals surface area (Å²) in [7, 11) is 0. The van der Waals surface area contributed by atoms with E-state index in [2.05, 4.69) is 35.3 Å². The van der Waals surface area contributed by atoms with Crippen molar-refractivity contribution < 1.29 is 0 Å². The first-order chi connectivity index (χ1) is 10.3. The highest BCUT2D eigenvalue weighted by Gasteiger charge is 2.04. The summed E-state index contributed by atoms with van der Waals surface area (Å²) < 4.78 is 2.33. The normalized spacial score (nSPS) is 11.0. The van der Waals surface area contributed by atoms with Gasteiger partial charge in [-0.05, 0) is 43.0 Å². The number of thiazole rings is 1. The van der Waals surface area contributed by atoms with E-state index in [0.29, 0.717) is 0 Å². The lowest BCUT2D eigenvalue weighted by molar-refractivity contribution is 0.802. The van der Waals surface area contributed by atoms with Gasteiger partial charge in [-0.1, -0.05) is 42.1 Å². The summed E-state index contributed by atoms with van der Waals surface area (Å²) in [5.74, 6) is 1.13. The van der Waals surface area contributed by atoms with E-state index in [4.69, 9.17) is 5.73 Å². The predicted octanol–water partition coefficient (Wildman–Crippen LogP) is 4.99. The minimum Gasteiger partial charge on any atom is -0.399 e. The molecule has 3 aromatic rings. The molecule has 3 rings (SSSR count). The average molecular weight is 314 g/mol. The third-order valence-electron chi connectivity index (χ3n) is 3.32. The molecule has 108 valence electrons. The minimum absolute atomic E-state index is 0.811. The van der Waals surface area contributed by atoms with Crippen molar-refractivity contribution in [2.75, 3.05) is 11.5 Å². The molecule has 0 fully saturated rings. The molecule has 0 spiro atoms. The molecule has 0 unspecified atom stereocenters. The molecule has 0 aliphatic heterocycles. The molecule has 2 nitrogen and oxygen atoms in total. The van der Waals surface area contributed by atoms with Crippen molar-refractivity contribution in [3.63, 3.8) is 0 Å². The largest absolute Gasteiger partial charge is 0.399 e. The minimum atomic E-state index is 0.811. The highest BCUT2D eigenvalue weighted by molar-refractivity contribution is 8.01. The lowest BCUT2D eigenvalue weighted by Crippen LogP contribution is -1.86. The zero-order chi connectivity index (χ0) is 14.5. The number of rotatable bonds is 6. The van der Waals surface area contributed by atoms with E-state index < -0.39 is 0 Å². The summed E-state index contributed by atoms with van der Waals surface area (Å²) in [6.07, 6.45) is 3.62. The molecule has 1 heterocycles. The maximum Gasteiger partial charge on any atom is 0.151 e. The third kappa shape index (κ3) is 3.99. The maximum absolute atomic E-state index is 5.80. The molecule has 0 radical (unpaired) electrons. The van der Waals surface area contributed by atoms with Gasteiger partial charge in [0.25, 0.3) is 0 Å². The first-order valence-electron chi connectivity index (χ1n) is 7.14. The Morgan fingerprint density at radius 1 is 1.05 bits per heavy atom. The topological polar surface area (TPSA) is 38.9 Å². The van der Waals surface area contributed by atoms with Gasteiger partial charge in [-0.2, -0.15) is 0 Å². The Kier molecular flexibility index (Phi) is 4.78. The van der Waals surface area contributed by atoms with Gasteiger partial charge in [0.15, 0.2) is 4.34 Å². The van der Waals surface area contributed by atoms with Gasteiger partial charge in [0, 0.05) is 11.4 Å². The number of nitrogens with zero attached hydrogens (tertiary/aromatic N) is 1. The molecule has 1 aromatic heterocycles. The van der Waals surface area contributed by atoms with Crippen molar-refractivity contribution in [1.29, 1.82) is 0 Å². The molecule has 0 aliphatic rings. The SMILES string of the molecule is Nc1ccc2nc(SCCCCc3ccccc3)sc2c1. The van der Waals surface area contributed by atoms with Gasteiger partial charge in [-0.3, -0.25) is 0 Å². The van der Waals surface area contributed by atoms with Gasteiger partial charge in [-0.25, -0.2) is 4.98 Å². The fourth-order valence-corrected chi connectivity index (χ4v) is 4.40. The number of aromatic nitrogens is 1. The van der Waals surface area contributed by atoms with Crippen LogP contribution in [0.3, 0.4) is 0 Å². The monoisotopic (exact) mass is 314 g/mol. The van der Waals surface area contributed by atoms with Crippen LogP contribution in [0.5, 0.6) is 0 Å². The molecule has 2 aromatic carbocycles. The van der Waals surface area contributed by atoms with Crippen LogP contribution in [0.25, 0.3) is 10.2 Å². The number of nitrogen functional groups attached to an aromatic ring is 1. The lowest BCUT2D eigenvalue weighted by atomic mass is 10.1. The number of thioether (sulfide) groups is 1. The standard InChI is InChI=1S/C17H18N2S2/c18-14-9-10-15-16(12-14)21-17(19-15)20-11-5-4-8-13-6-2-1-3-7-13/h1-3,6-7,9-10,12H,4-5,8,11,18H2. The van der Waals surface area contributed by atoms with Crippen LogP contribution in [0.4, 0.5) is 5.69 Å². The molecule has 0 atom stereocenters. The first kappa shape index (κ1) is 14.4. The molecular weight excluding hydrogens is 296 g/mol. The van der Waals surface area contributed by atoms with Gasteiger partial charge >= 0.3 is 0 Å². The highest BCUT2D eigenvalue weighted by atomic mass is 32.2. The maximum atomic E-state index is 5.80. The Morgan fingerprint density at radius 3 is 2.76 bits per heavy atom. The lowest BCUT2D eigenvalue weighted by Gasteiger charge is -2.00. The number of fused-ring (bicyclic) bond motifs is 1. The summed E-state index contributed by atoms with van der Waals surface area (Å²) >= 11 is 3.59. The second kappa shape index (κ2) is 6.96. The van der Waals surface area contributed by atoms with Crippen LogP contribution >= 0.6 is 23.1 Å². The molecule has 0 bridgehead atoms. The quantitative estimate of drug-likeness (QED) is 0.395. The Labute approximate surface area is 133 Å². The van der Waals surface area contributed by atoms with Gasteiger partial charge in [0.1, 0.15) is 0 Å². The molecular formula is C17H18N2S2. The number of unbranched alkanes of at least 4 members (excludes halogenated alkanes) is 1. The Morgan fingerprint density at radius 2 is 1.90 bits per heavy atom. The van der Waals surface area contributed by atoms with Crippen molar-refractivity contribution in [3.05, 3.63) is 54.1 Å². The second-order valence-corrected chi connectivity index (χ2v) is 7.37. The summed E-state index contributed by atoms with van der Waals surface area (Å²) in [6, 6.07) is 16.6. The number of nitrogens with two attached hydrogens (primary N) is 1. The van der Waals surface area contributed by atoms with Crippen LogP contribution in [0.1, 0.15) is 18.4 Å². The van der Waals surface area contributed by atoms with Gasteiger partial charge in [0.05, 0.1) is 10.2 Å². The van der Waals surface area contributed by atoms with Crippen LogP contribution in [-0.2, 0) is 6.42 Å². The van der Waals surface area contributed by atoms with E-state index in [1.807, 2.05) is 30.0 Å². The second-order valence-electron chi connectivity index (χ2n) is 5.00. The van der Waals surface area contributed by atoms with Crippen molar-refractivity contribution >= 4 is 39.0 Å². The van der Waals surface area contributed by atoms with Crippen molar-refractivity contribution in [1.82, 2.24) is 4.98 Å². The number of anilines is 1. The van der Waals surface area contributed by atoms with Crippen LogP contribution in [0.2, 0.25) is 0 Å². The number of aryl methyl sites for hydroxylation is 1. The Balaban J connectivity index is 1.46. The smallest absolute Gasteiger partial charge is 0.151 e. The van der Waals surface area contributed by atoms with Crippen molar-refractivity contribution in [2.45, 2.75) is 23.6 Å². The number of hydrogen-bond acceptors (Lipinski definition) is 4.